The van der Waals surface area contributed by atoms with E-state index in [2.05, 4.69) is 5.32 Å². The molecule has 3 rings (SSSR count). The average molecular weight is 431 g/mol. The van der Waals surface area contributed by atoms with Gasteiger partial charge in [0.25, 0.3) is 0 Å². The highest BCUT2D eigenvalue weighted by molar-refractivity contribution is 7.89. The SMILES string of the molecule is COc1ccccc1CNC(=O)[C@H]1CCCN(S(=O)(=O)c2c(C)cc(C)cc2C)C1. The number of benzene rings is 2. The molecular formula is C23H30N2O4S. The molecule has 0 spiro atoms. The van der Waals surface area contributed by atoms with Gasteiger partial charge in [0.05, 0.1) is 17.9 Å². The molecule has 1 aliphatic heterocycles. The fourth-order valence-corrected chi connectivity index (χ4v) is 6.19. The monoisotopic (exact) mass is 430 g/mol. The molecule has 0 unspecified atom stereocenters. The lowest BCUT2D eigenvalue weighted by atomic mass is 9.98. The maximum atomic E-state index is 13.3. The van der Waals surface area contributed by atoms with E-state index in [1.165, 1.54) is 4.31 Å². The number of amides is 1. The van der Waals surface area contributed by atoms with Crippen molar-refractivity contribution in [2.24, 2.45) is 5.92 Å². The predicted molar refractivity (Wildman–Crippen MR) is 117 cm³/mol. The van der Waals surface area contributed by atoms with Crippen molar-refractivity contribution in [2.45, 2.75) is 45.1 Å². The van der Waals surface area contributed by atoms with Gasteiger partial charge in [0.2, 0.25) is 15.9 Å². The third-order valence-electron chi connectivity index (χ3n) is 5.60. The highest BCUT2D eigenvalue weighted by atomic mass is 32.2. The molecule has 6 nitrogen and oxygen atoms in total. The lowest BCUT2D eigenvalue weighted by molar-refractivity contribution is -0.126. The van der Waals surface area contributed by atoms with E-state index >= 15 is 0 Å². The average Bonchev–Trinajstić information content (AvgIpc) is 2.71. The molecule has 1 N–H and O–H groups in total. The summed E-state index contributed by atoms with van der Waals surface area (Å²) in [6.45, 7) is 6.60. The van der Waals surface area contributed by atoms with E-state index < -0.39 is 10.0 Å². The summed E-state index contributed by atoms with van der Waals surface area (Å²) in [6, 6.07) is 11.3. The Labute approximate surface area is 179 Å². The van der Waals surface area contributed by atoms with Crippen LogP contribution >= 0.6 is 0 Å². The highest BCUT2D eigenvalue weighted by Gasteiger charge is 2.34. The molecule has 0 radical (unpaired) electrons. The largest absolute Gasteiger partial charge is 0.496 e. The minimum atomic E-state index is -3.65. The van der Waals surface area contributed by atoms with Crippen LogP contribution in [0.1, 0.15) is 35.1 Å². The van der Waals surface area contributed by atoms with Crippen molar-refractivity contribution in [1.82, 2.24) is 9.62 Å². The number of rotatable bonds is 6. The van der Waals surface area contributed by atoms with E-state index in [1.807, 2.05) is 57.2 Å². The lowest BCUT2D eigenvalue weighted by Gasteiger charge is -2.32. The van der Waals surface area contributed by atoms with Gasteiger partial charge in [0, 0.05) is 25.2 Å². The first-order chi connectivity index (χ1) is 14.2. The van der Waals surface area contributed by atoms with Gasteiger partial charge in [-0.05, 0) is 50.8 Å². The summed E-state index contributed by atoms with van der Waals surface area (Å²) in [6.07, 6.45) is 1.34. The van der Waals surface area contributed by atoms with Crippen molar-refractivity contribution in [3.05, 3.63) is 58.7 Å². The highest BCUT2D eigenvalue weighted by Crippen LogP contribution is 2.29. The van der Waals surface area contributed by atoms with E-state index in [4.69, 9.17) is 4.74 Å². The fourth-order valence-electron chi connectivity index (χ4n) is 4.25. The molecule has 1 saturated heterocycles. The number of hydrogen-bond donors (Lipinski definition) is 1. The molecule has 7 heteroatoms. The number of methoxy groups -OCH3 is 1. The minimum Gasteiger partial charge on any atom is -0.496 e. The minimum absolute atomic E-state index is 0.127. The number of hydrogen-bond acceptors (Lipinski definition) is 4. The molecule has 2 aromatic rings. The normalized spacial score (nSPS) is 17.5. The standard InChI is InChI=1S/C23H30N2O4S/c1-16-12-17(2)22(18(3)13-16)30(27,28)25-11-7-9-20(15-25)23(26)24-14-19-8-5-6-10-21(19)29-4/h5-6,8,10,12-13,20H,7,9,11,14-15H2,1-4H3,(H,24,26)/t20-/m0/s1. The topological polar surface area (TPSA) is 75.7 Å². The number of sulfonamides is 1. The van der Waals surface area contributed by atoms with Gasteiger partial charge in [0.1, 0.15) is 5.75 Å². The van der Waals surface area contributed by atoms with Crippen molar-refractivity contribution >= 4 is 15.9 Å². The Morgan fingerprint density at radius 1 is 1.17 bits per heavy atom. The zero-order chi connectivity index (χ0) is 21.9. The van der Waals surface area contributed by atoms with Crippen LogP contribution in [0, 0.1) is 26.7 Å². The van der Waals surface area contributed by atoms with Crippen LogP contribution in [0.3, 0.4) is 0 Å². The van der Waals surface area contributed by atoms with Crippen molar-refractivity contribution in [3.8, 4) is 5.75 Å². The Balaban J connectivity index is 1.72. The summed E-state index contributed by atoms with van der Waals surface area (Å²) in [5.74, 6) is 0.225. The van der Waals surface area contributed by atoms with E-state index in [1.54, 1.807) is 7.11 Å². The molecule has 0 aliphatic carbocycles. The Bertz CT molecular complexity index is 1010. The Morgan fingerprint density at radius 2 is 1.83 bits per heavy atom. The molecule has 1 fully saturated rings. The maximum Gasteiger partial charge on any atom is 0.243 e. The fraction of sp³-hybridized carbons (Fsp3) is 0.435. The van der Waals surface area contributed by atoms with Gasteiger partial charge in [-0.15, -0.1) is 0 Å². The van der Waals surface area contributed by atoms with Crippen LogP contribution in [0.5, 0.6) is 5.75 Å². The molecule has 1 amide bonds. The van der Waals surface area contributed by atoms with Gasteiger partial charge in [-0.1, -0.05) is 35.9 Å². The first-order valence-corrected chi connectivity index (χ1v) is 11.7. The zero-order valence-electron chi connectivity index (χ0n) is 18.1. The van der Waals surface area contributed by atoms with E-state index in [0.29, 0.717) is 30.8 Å². The van der Waals surface area contributed by atoms with Crippen LogP contribution in [0.2, 0.25) is 0 Å². The van der Waals surface area contributed by atoms with Crippen molar-refractivity contribution < 1.29 is 17.9 Å². The number of nitrogens with zero attached hydrogens (tertiary/aromatic N) is 1. The van der Waals surface area contributed by atoms with Gasteiger partial charge in [-0.3, -0.25) is 4.79 Å². The summed E-state index contributed by atoms with van der Waals surface area (Å²) >= 11 is 0. The number of para-hydroxylation sites is 1. The molecule has 1 atom stereocenters. The van der Waals surface area contributed by atoms with Crippen molar-refractivity contribution in [1.29, 1.82) is 0 Å². The van der Waals surface area contributed by atoms with Crippen LogP contribution in [0.15, 0.2) is 41.3 Å². The molecule has 0 aromatic heterocycles. The molecule has 1 heterocycles. The number of nitrogens with one attached hydrogen (secondary N) is 1. The summed E-state index contributed by atoms with van der Waals surface area (Å²) in [5, 5.41) is 2.94. The summed E-state index contributed by atoms with van der Waals surface area (Å²) in [4.78, 5) is 13.1. The van der Waals surface area contributed by atoms with Crippen LogP contribution in [-0.4, -0.2) is 38.8 Å². The second-order valence-electron chi connectivity index (χ2n) is 7.96. The predicted octanol–water partition coefficient (Wildman–Crippen LogP) is 3.34. The second-order valence-corrected chi connectivity index (χ2v) is 9.83. The molecule has 0 bridgehead atoms. The Hall–Kier alpha value is -2.38. The quantitative estimate of drug-likeness (QED) is 0.763. The maximum absolute atomic E-state index is 13.3. The second kappa shape index (κ2) is 9.18. The molecule has 2 aromatic carbocycles. The Kier molecular flexibility index (Phi) is 6.83. The van der Waals surface area contributed by atoms with Gasteiger partial charge < -0.3 is 10.1 Å². The smallest absolute Gasteiger partial charge is 0.243 e. The van der Waals surface area contributed by atoms with Crippen molar-refractivity contribution in [2.75, 3.05) is 20.2 Å². The first-order valence-electron chi connectivity index (χ1n) is 10.2. The molecule has 1 aliphatic rings. The lowest BCUT2D eigenvalue weighted by Crippen LogP contribution is -2.45. The molecule has 0 saturated carbocycles. The number of aryl methyl sites for hydroxylation is 3. The van der Waals surface area contributed by atoms with Gasteiger partial charge in [0.15, 0.2) is 0 Å². The number of carbonyl (C=O) groups is 1. The number of piperidine rings is 1. The van der Waals surface area contributed by atoms with Crippen LogP contribution in [0.25, 0.3) is 0 Å². The number of carbonyl (C=O) groups excluding carboxylic acids is 1. The third kappa shape index (κ3) is 4.68. The first kappa shape index (κ1) is 22.3. The summed E-state index contributed by atoms with van der Waals surface area (Å²) < 4.78 is 33.5. The van der Waals surface area contributed by atoms with E-state index in [-0.39, 0.29) is 18.4 Å². The zero-order valence-corrected chi connectivity index (χ0v) is 18.9. The van der Waals surface area contributed by atoms with E-state index in [9.17, 15) is 13.2 Å². The van der Waals surface area contributed by atoms with Gasteiger partial charge in [-0.2, -0.15) is 4.31 Å². The molecular weight excluding hydrogens is 400 g/mol. The number of ether oxygens (including phenoxy) is 1. The van der Waals surface area contributed by atoms with Crippen LogP contribution in [-0.2, 0) is 21.4 Å². The Morgan fingerprint density at radius 3 is 2.50 bits per heavy atom. The summed E-state index contributed by atoms with van der Waals surface area (Å²) in [5.41, 5.74) is 3.42. The van der Waals surface area contributed by atoms with Crippen LogP contribution in [0.4, 0.5) is 0 Å². The van der Waals surface area contributed by atoms with Gasteiger partial charge in [-0.25, -0.2) is 8.42 Å². The van der Waals surface area contributed by atoms with Crippen LogP contribution < -0.4 is 10.1 Å². The van der Waals surface area contributed by atoms with Crippen molar-refractivity contribution in [3.63, 3.8) is 0 Å². The summed E-state index contributed by atoms with van der Waals surface area (Å²) in [7, 11) is -2.05. The van der Waals surface area contributed by atoms with E-state index in [0.717, 1.165) is 28.0 Å². The molecule has 30 heavy (non-hydrogen) atoms. The molecule has 162 valence electrons. The third-order valence-corrected chi connectivity index (χ3v) is 7.77. The van der Waals surface area contributed by atoms with Gasteiger partial charge >= 0.3 is 0 Å².